The Balaban J connectivity index is 2.29. The summed E-state index contributed by atoms with van der Waals surface area (Å²) in [6.07, 6.45) is 2.95. The highest BCUT2D eigenvalue weighted by Gasteiger charge is 2.20. The van der Waals surface area contributed by atoms with E-state index in [0.29, 0.717) is 5.69 Å². The molecule has 1 aliphatic heterocycles. The molecule has 2 heterocycles. The van der Waals surface area contributed by atoms with Crippen LogP contribution in [-0.4, -0.2) is 29.1 Å². The second kappa shape index (κ2) is 4.55. The molecule has 0 radical (unpaired) electrons. The first-order chi connectivity index (χ1) is 9.16. The van der Waals surface area contributed by atoms with Gasteiger partial charge in [-0.2, -0.15) is 0 Å². The van der Waals surface area contributed by atoms with Crippen LogP contribution in [0, 0.1) is 6.92 Å². The summed E-state index contributed by atoms with van der Waals surface area (Å²) in [6.45, 7) is 3.71. The van der Waals surface area contributed by atoms with Crippen LogP contribution in [-0.2, 0) is 0 Å². The number of carbonyl (C=O) groups is 1. The Labute approximate surface area is 111 Å². The van der Waals surface area contributed by atoms with E-state index in [1.165, 1.54) is 0 Å². The minimum absolute atomic E-state index is 0.300. The normalized spacial score (nSPS) is 15.5. The van der Waals surface area contributed by atoms with Gasteiger partial charge in [-0.25, -0.2) is 4.79 Å². The van der Waals surface area contributed by atoms with Gasteiger partial charge in [0.05, 0.1) is 0 Å². The first-order valence-electron chi connectivity index (χ1n) is 6.42. The molecule has 3 rings (SSSR count). The van der Waals surface area contributed by atoms with Gasteiger partial charge in [-0.15, -0.1) is 0 Å². The number of carboxylic acid groups (broad SMARTS) is 1. The zero-order valence-electron chi connectivity index (χ0n) is 10.8. The maximum absolute atomic E-state index is 11.4. The summed E-state index contributed by atoms with van der Waals surface area (Å²) in [6, 6.07) is 5.99. The van der Waals surface area contributed by atoms with Gasteiger partial charge < -0.3 is 15.4 Å². The molecule has 0 aliphatic carbocycles. The highest BCUT2D eigenvalue weighted by molar-refractivity contribution is 6.04. The number of carboxylic acids is 1. The number of rotatable bonds is 2. The van der Waals surface area contributed by atoms with E-state index in [2.05, 4.69) is 22.4 Å². The van der Waals surface area contributed by atoms with Gasteiger partial charge in [-0.3, -0.25) is 0 Å². The minimum Gasteiger partial charge on any atom is -0.477 e. The van der Waals surface area contributed by atoms with E-state index in [4.69, 9.17) is 0 Å². The first-order valence-corrected chi connectivity index (χ1v) is 6.42. The van der Waals surface area contributed by atoms with Crippen molar-refractivity contribution in [2.45, 2.75) is 13.3 Å². The lowest BCUT2D eigenvalue weighted by Gasteiger charge is -2.14. The van der Waals surface area contributed by atoms with Gasteiger partial charge in [-0.05, 0) is 37.6 Å². The van der Waals surface area contributed by atoms with Crippen LogP contribution in [0.1, 0.15) is 28.0 Å². The maximum Gasteiger partial charge on any atom is 0.352 e. The molecule has 0 amide bonds. The van der Waals surface area contributed by atoms with Gasteiger partial charge in [0.25, 0.3) is 0 Å². The predicted molar refractivity (Wildman–Crippen MR) is 75.5 cm³/mol. The van der Waals surface area contributed by atoms with Crippen molar-refractivity contribution in [3.8, 4) is 0 Å². The third kappa shape index (κ3) is 2.04. The number of aromatic nitrogens is 1. The standard InChI is InChI=1S/C15H16N2O2/c1-9-2-3-12-11(8-9)13(14(17-12)15(18)19)10-4-6-16-7-5-10/h2-4,8,16-17H,5-7H2,1H3,(H,18,19). The maximum atomic E-state index is 11.4. The summed E-state index contributed by atoms with van der Waals surface area (Å²) in [5.74, 6) is -0.900. The number of aryl methyl sites for hydroxylation is 1. The minimum atomic E-state index is -0.900. The molecular weight excluding hydrogens is 240 g/mol. The highest BCUT2D eigenvalue weighted by atomic mass is 16.4. The highest BCUT2D eigenvalue weighted by Crippen LogP contribution is 2.32. The van der Waals surface area contributed by atoms with E-state index in [1.807, 2.05) is 19.1 Å². The van der Waals surface area contributed by atoms with E-state index < -0.39 is 5.97 Å². The third-order valence-corrected chi connectivity index (χ3v) is 3.55. The lowest BCUT2D eigenvalue weighted by Crippen LogP contribution is -2.20. The molecule has 3 N–H and O–H groups in total. The van der Waals surface area contributed by atoms with Crippen LogP contribution in [0.15, 0.2) is 24.3 Å². The van der Waals surface area contributed by atoms with Crippen molar-refractivity contribution in [1.82, 2.24) is 10.3 Å². The molecule has 0 saturated heterocycles. The summed E-state index contributed by atoms with van der Waals surface area (Å²) in [5, 5.41) is 13.6. The van der Waals surface area contributed by atoms with Crippen LogP contribution in [0.3, 0.4) is 0 Å². The number of nitrogens with one attached hydrogen (secondary N) is 2. The summed E-state index contributed by atoms with van der Waals surface area (Å²) in [4.78, 5) is 14.5. The Kier molecular flexibility index (Phi) is 2.87. The van der Waals surface area contributed by atoms with Crippen molar-refractivity contribution in [1.29, 1.82) is 0 Å². The van der Waals surface area contributed by atoms with Crippen LogP contribution in [0.2, 0.25) is 0 Å². The molecule has 4 heteroatoms. The molecule has 0 atom stereocenters. The van der Waals surface area contributed by atoms with Gasteiger partial charge in [0.1, 0.15) is 5.69 Å². The van der Waals surface area contributed by atoms with E-state index in [1.54, 1.807) is 0 Å². The van der Waals surface area contributed by atoms with Crippen molar-refractivity contribution in [3.05, 3.63) is 41.1 Å². The predicted octanol–water partition coefficient (Wildman–Crippen LogP) is 2.55. The molecule has 0 unspecified atom stereocenters. The number of aromatic carboxylic acids is 1. The SMILES string of the molecule is Cc1ccc2[nH]c(C(=O)O)c(C3=CCNCC3)c2c1. The number of fused-ring (bicyclic) bond motifs is 1. The molecule has 0 spiro atoms. The molecule has 98 valence electrons. The summed E-state index contributed by atoms with van der Waals surface area (Å²) in [7, 11) is 0. The van der Waals surface area contributed by atoms with E-state index in [0.717, 1.165) is 47.1 Å². The van der Waals surface area contributed by atoms with E-state index >= 15 is 0 Å². The fraction of sp³-hybridized carbons (Fsp3) is 0.267. The van der Waals surface area contributed by atoms with E-state index in [-0.39, 0.29) is 0 Å². The van der Waals surface area contributed by atoms with Crippen molar-refractivity contribution in [2.24, 2.45) is 0 Å². The number of H-pyrrole nitrogens is 1. The van der Waals surface area contributed by atoms with Crippen molar-refractivity contribution < 1.29 is 9.90 Å². The number of hydrogen-bond donors (Lipinski definition) is 3. The summed E-state index contributed by atoms with van der Waals surface area (Å²) < 4.78 is 0. The van der Waals surface area contributed by atoms with Gasteiger partial charge in [0.2, 0.25) is 0 Å². The second-order valence-electron chi connectivity index (χ2n) is 4.91. The Morgan fingerprint density at radius 1 is 1.37 bits per heavy atom. The van der Waals surface area contributed by atoms with Crippen LogP contribution in [0.4, 0.5) is 0 Å². The molecule has 1 aromatic carbocycles. The Bertz CT molecular complexity index is 683. The molecule has 1 aromatic heterocycles. The number of benzene rings is 1. The number of hydrogen-bond acceptors (Lipinski definition) is 2. The zero-order valence-corrected chi connectivity index (χ0v) is 10.8. The average molecular weight is 256 g/mol. The fourth-order valence-electron chi connectivity index (χ4n) is 2.65. The van der Waals surface area contributed by atoms with Crippen LogP contribution in [0.5, 0.6) is 0 Å². The van der Waals surface area contributed by atoms with Crippen LogP contribution < -0.4 is 5.32 Å². The molecule has 0 fully saturated rings. The average Bonchev–Trinajstić information content (AvgIpc) is 2.78. The van der Waals surface area contributed by atoms with Crippen molar-refractivity contribution in [2.75, 3.05) is 13.1 Å². The monoisotopic (exact) mass is 256 g/mol. The molecular formula is C15H16N2O2. The molecule has 2 aromatic rings. The van der Waals surface area contributed by atoms with Crippen molar-refractivity contribution in [3.63, 3.8) is 0 Å². The zero-order chi connectivity index (χ0) is 13.4. The Morgan fingerprint density at radius 3 is 2.89 bits per heavy atom. The summed E-state index contributed by atoms with van der Waals surface area (Å²) in [5.41, 5.74) is 4.30. The molecule has 19 heavy (non-hydrogen) atoms. The van der Waals surface area contributed by atoms with Gasteiger partial charge in [0, 0.05) is 23.0 Å². The molecule has 4 nitrogen and oxygen atoms in total. The smallest absolute Gasteiger partial charge is 0.352 e. The lowest BCUT2D eigenvalue weighted by atomic mass is 9.96. The topological polar surface area (TPSA) is 65.1 Å². The fourth-order valence-corrected chi connectivity index (χ4v) is 2.65. The third-order valence-electron chi connectivity index (χ3n) is 3.55. The summed E-state index contributed by atoms with van der Waals surface area (Å²) >= 11 is 0. The largest absolute Gasteiger partial charge is 0.477 e. The quantitative estimate of drug-likeness (QED) is 0.773. The van der Waals surface area contributed by atoms with Gasteiger partial charge in [-0.1, -0.05) is 17.7 Å². The Hall–Kier alpha value is -2.07. The van der Waals surface area contributed by atoms with Crippen LogP contribution in [0.25, 0.3) is 16.5 Å². The first kappa shape index (κ1) is 12.0. The van der Waals surface area contributed by atoms with Gasteiger partial charge in [0.15, 0.2) is 0 Å². The van der Waals surface area contributed by atoms with Gasteiger partial charge >= 0.3 is 5.97 Å². The number of aromatic amines is 1. The van der Waals surface area contributed by atoms with Crippen molar-refractivity contribution >= 4 is 22.4 Å². The van der Waals surface area contributed by atoms with Crippen LogP contribution >= 0.6 is 0 Å². The lowest BCUT2D eigenvalue weighted by molar-refractivity contribution is 0.0691. The Morgan fingerprint density at radius 2 is 2.21 bits per heavy atom. The molecule has 1 aliphatic rings. The molecule has 0 saturated carbocycles. The molecule has 0 bridgehead atoms. The van der Waals surface area contributed by atoms with E-state index in [9.17, 15) is 9.90 Å². The second-order valence-corrected chi connectivity index (χ2v) is 4.91.